The van der Waals surface area contributed by atoms with Crippen molar-refractivity contribution >= 4 is 17.4 Å². The van der Waals surface area contributed by atoms with E-state index in [0.717, 1.165) is 22.0 Å². The summed E-state index contributed by atoms with van der Waals surface area (Å²) in [5.41, 5.74) is 13.8. The Morgan fingerprint density at radius 3 is 2.58 bits per heavy atom. The largest absolute Gasteiger partial charge is 0.496 e. The van der Waals surface area contributed by atoms with Crippen LogP contribution in [0.4, 0.5) is 5.69 Å². The van der Waals surface area contributed by atoms with E-state index in [1.165, 1.54) is 0 Å². The first-order chi connectivity index (χ1) is 9.20. The zero-order chi connectivity index (χ0) is 13.7. The zero-order valence-corrected chi connectivity index (χ0v) is 11.7. The molecule has 0 saturated heterocycles. The number of rotatable bonds is 5. The second-order valence-electron chi connectivity index (χ2n) is 4.24. The van der Waals surface area contributed by atoms with E-state index in [9.17, 15) is 0 Å². The average molecular weight is 274 g/mol. The highest BCUT2D eigenvalue weighted by molar-refractivity contribution is 7.99. The van der Waals surface area contributed by atoms with Crippen LogP contribution in [0.25, 0.3) is 0 Å². The maximum absolute atomic E-state index is 6.18. The zero-order valence-electron chi connectivity index (χ0n) is 10.9. The van der Waals surface area contributed by atoms with Crippen LogP contribution in [-0.2, 0) is 0 Å². The summed E-state index contributed by atoms with van der Waals surface area (Å²) < 4.78 is 5.32. The molecule has 0 amide bonds. The molecule has 2 rings (SSSR count). The fourth-order valence-corrected chi connectivity index (χ4v) is 2.78. The lowest BCUT2D eigenvalue weighted by Gasteiger charge is -2.13. The maximum Gasteiger partial charge on any atom is 0.134 e. The van der Waals surface area contributed by atoms with E-state index in [1.807, 2.05) is 48.5 Å². The summed E-state index contributed by atoms with van der Waals surface area (Å²) in [6.07, 6.45) is 0. The van der Waals surface area contributed by atoms with E-state index in [-0.39, 0.29) is 6.04 Å². The van der Waals surface area contributed by atoms with E-state index in [4.69, 9.17) is 16.2 Å². The summed E-state index contributed by atoms with van der Waals surface area (Å²) in [5.74, 6) is 1.59. The van der Waals surface area contributed by atoms with E-state index >= 15 is 0 Å². The molecule has 3 nitrogen and oxygen atoms in total. The molecule has 1 unspecified atom stereocenters. The number of nitrogen functional groups attached to an aromatic ring is 1. The van der Waals surface area contributed by atoms with Crippen LogP contribution in [0.15, 0.2) is 53.4 Å². The van der Waals surface area contributed by atoms with Gasteiger partial charge >= 0.3 is 0 Å². The second-order valence-corrected chi connectivity index (χ2v) is 5.30. The standard InChI is InChI=1S/C15H18N2OS/c1-18-14-9-12(16)7-8-15(14)19-10-13(17)11-5-3-2-4-6-11/h2-9,13H,10,16-17H2,1H3. The summed E-state index contributed by atoms with van der Waals surface area (Å²) in [6.45, 7) is 0. The van der Waals surface area contributed by atoms with Crippen molar-refractivity contribution in [2.24, 2.45) is 5.73 Å². The van der Waals surface area contributed by atoms with Gasteiger partial charge < -0.3 is 16.2 Å². The lowest BCUT2D eigenvalue weighted by molar-refractivity contribution is 0.405. The van der Waals surface area contributed by atoms with Gasteiger partial charge in [-0.2, -0.15) is 0 Å². The van der Waals surface area contributed by atoms with Gasteiger partial charge in [-0.05, 0) is 17.7 Å². The molecule has 2 aromatic carbocycles. The van der Waals surface area contributed by atoms with E-state index in [2.05, 4.69) is 0 Å². The van der Waals surface area contributed by atoms with Crippen LogP contribution in [0.3, 0.4) is 0 Å². The van der Waals surface area contributed by atoms with Crippen LogP contribution in [0.5, 0.6) is 5.75 Å². The van der Waals surface area contributed by atoms with Crippen molar-refractivity contribution in [3.63, 3.8) is 0 Å². The molecule has 0 aliphatic rings. The van der Waals surface area contributed by atoms with Gasteiger partial charge in [0.25, 0.3) is 0 Å². The first-order valence-electron chi connectivity index (χ1n) is 6.07. The number of anilines is 1. The van der Waals surface area contributed by atoms with Gasteiger partial charge in [0.05, 0.1) is 7.11 Å². The molecule has 4 heteroatoms. The monoisotopic (exact) mass is 274 g/mol. The highest BCUT2D eigenvalue weighted by Gasteiger charge is 2.09. The number of nitrogens with two attached hydrogens (primary N) is 2. The van der Waals surface area contributed by atoms with Crippen LogP contribution in [-0.4, -0.2) is 12.9 Å². The molecule has 0 fully saturated rings. The molecule has 19 heavy (non-hydrogen) atoms. The van der Waals surface area contributed by atoms with Crippen molar-refractivity contribution in [3.05, 3.63) is 54.1 Å². The van der Waals surface area contributed by atoms with Crippen molar-refractivity contribution in [1.82, 2.24) is 0 Å². The molecule has 0 spiro atoms. The quantitative estimate of drug-likeness (QED) is 0.650. The Labute approximate surface area is 117 Å². The van der Waals surface area contributed by atoms with E-state index in [1.54, 1.807) is 18.9 Å². The molecular weight excluding hydrogens is 256 g/mol. The van der Waals surface area contributed by atoms with Gasteiger partial charge in [-0.1, -0.05) is 30.3 Å². The number of thioether (sulfide) groups is 1. The van der Waals surface area contributed by atoms with Gasteiger partial charge in [-0.15, -0.1) is 11.8 Å². The number of methoxy groups -OCH3 is 1. The molecule has 0 saturated carbocycles. The number of hydrogen-bond acceptors (Lipinski definition) is 4. The molecule has 0 aliphatic carbocycles. The number of benzene rings is 2. The molecular formula is C15H18N2OS. The molecule has 2 aromatic rings. The SMILES string of the molecule is COc1cc(N)ccc1SCC(N)c1ccccc1. The Balaban J connectivity index is 2.03. The highest BCUT2D eigenvalue weighted by atomic mass is 32.2. The molecule has 1 atom stereocenters. The Morgan fingerprint density at radius 1 is 1.16 bits per heavy atom. The molecule has 0 radical (unpaired) electrons. The van der Waals surface area contributed by atoms with Crippen molar-refractivity contribution in [3.8, 4) is 5.75 Å². The first-order valence-corrected chi connectivity index (χ1v) is 7.06. The summed E-state index contributed by atoms with van der Waals surface area (Å²) in [6, 6.07) is 15.8. The van der Waals surface area contributed by atoms with Crippen LogP contribution >= 0.6 is 11.8 Å². The molecule has 100 valence electrons. The molecule has 0 aromatic heterocycles. The minimum Gasteiger partial charge on any atom is -0.496 e. The van der Waals surface area contributed by atoms with E-state index < -0.39 is 0 Å². The molecule has 0 bridgehead atoms. The lowest BCUT2D eigenvalue weighted by atomic mass is 10.1. The van der Waals surface area contributed by atoms with Crippen molar-refractivity contribution < 1.29 is 4.74 Å². The number of ether oxygens (including phenoxy) is 1. The second kappa shape index (κ2) is 6.50. The van der Waals surface area contributed by atoms with Gasteiger partial charge in [-0.25, -0.2) is 0 Å². The lowest BCUT2D eigenvalue weighted by Crippen LogP contribution is -2.12. The van der Waals surface area contributed by atoms with Crippen LogP contribution in [0, 0.1) is 0 Å². The fraction of sp³-hybridized carbons (Fsp3) is 0.200. The highest BCUT2D eigenvalue weighted by Crippen LogP contribution is 2.32. The van der Waals surface area contributed by atoms with Gasteiger partial charge in [-0.3, -0.25) is 0 Å². The van der Waals surface area contributed by atoms with E-state index in [0.29, 0.717) is 5.69 Å². The minimum absolute atomic E-state index is 0.00783. The number of hydrogen-bond donors (Lipinski definition) is 2. The Bertz CT molecular complexity index is 531. The third-order valence-corrected chi connectivity index (χ3v) is 4.01. The normalized spacial score (nSPS) is 12.1. The topological polar surface area (TPSA) is 61.3 Å². The van der Waals surface area contributed by atoms with Crippen molar-refractivity contribution in [2.45, 2.75) is 10.9 Å². The van der Waals surface area contributed by atoms with Crippen LogP contribution in [0.1, 0.15) is 11.6 Å². The van der Waals surface area contributed by atoms with Gasteiger partial charge in [0, 0.05) is 28.4 Å². The Morgan fingerprint density at radius 2 is 1.89 bits per heavy atom. The molecule has 0 aliphatic heterocycles. The summed E-state index contributed by atoms with van der Waals surface area (Å²) in [7, 11) is 1.65. The fourth-order valence-electron chi connectivity index (χ4n) is 1.78. The van der Waals surface area contributed by atoms with Crippen molar-refractivity contribution in [1.29, 1.82) is 0 Å². The maximum atomic E-state index is 6.18. The predicted octanol–water partition coefficient (Wildman–Crippen LogP) is 3.07. The molecule has 0 heterocycles. The summed E-state index contributed by atoms with van der Waals surface area (Å²) >= 11 is 1.68. The smallest absolute Gasteiger partial charge is 0.134 e. The summed E-state index contributed by atoms with van der Waals surface area (Å²) in [5, 5.41) is 0. The molecule has 4 N–H and O–H groups in total. The minimum atomic E-state index is 0.00783. The predicted molar refractivity (Wildman–Crippen MR) is 81.5 cm³/mol. The summed E-state index contributed by atoms with van der Waals surface area (Å²) in [4.78, 5) is 1.06. The Hall–Kier alpha value is -1.65. The Kier molecular flexibility index (Phi) is 4.71. The van der Waals surface area contributed by atoms with Crippen LogP contribution < -0.4 is 16.2 Å². The van der Waals surface area contributed by atoms with Crippen LogP contribution in [0.2, 0.25) is 0 Å². The van der Waals surface area contributed by atoms with Gasteiger partial charge in [0.2, 0.25) is 0 Å². The van der Waals surface area contributed by atoms with Gasteiger partial charge in [0.15, 0.2) is 0 Å². The third kappa shape index (κ3) is 3.66. The first kappa shape index (κ1) is 13.8. The average Bonchev–Trinajstić information content (AvgIpc) is 2.46. The van der Waals surface area contributed by atoms with Crippen molar-refractivity contribution in [2.75, 3.05) is 18.6 Å². The third-order valence-electron chi connectivity index (χ3n) is 2.83. The van der Waals surface area contributed by atoms with Gasteiger partial charge in [0.1, 0.15) is 5.75 Å².